The number of esters is 1. The molecule has 0 unspecified atom stereocenters. The summed E-state index contributed by atoms with van der Waals surface area (Å²) in [5.41, 5.74) is 1.55. The number of carbonyl (C=O) groups is 4. The van der Waals surface area contributed by atoms with E-state index < -0.39 is 34.5 Å². The fourth-order valence-electron chi connectivity index (χ4n) is 3.93. The van der Waals surface area contributed by atoms with Crippen LogP contribution in [0.2, 0.25) is 5.02 Å². The van der Waals surface area contributed by atoms with E-state index in [1.165, 1.54) is 43.5 Å². The highest BCUT2D eigenvalue weighted by molar-refractivity contribution is 8.18. The molecule has 1 aliphatic heterocycles. The van der Waals surface area contributed by atoms with Gasteiger partial charge in [-0.1, -0.05) is 24.6 Å². The summed E-state index contributed by atoms with van der Waals surface area (Å²) in [6.45, 7) is 1.66. The molecule has 0 radical (unpaired) electrons. The molecule has 0 bridgehead atoms. The van der Waals surface area contributed by atoms with Gasteiger partial charge in [-0.05, 0) is 77.9 Å². The van der Waals surface area contributed by atoms with Gasteiger partial charge in [0.15, 0.2) is 11.5 Å². The second-order valence-corrected chi connectivity index (χ2v) is 10.7. The van der Waals surface area contributed by atoms with Crippen molar-refractivity contribution in [2.24, 2.45) is 0 Å². The average Bonchev–Trinajstić information content (AvgIpc) is 3.27. The highest BCUT2D eigenvalue weighted by Gasteiger charge is 2.36. The minimum absolute atomic E-state index is 0.0257. The van der Waals surface area contributed by atoms with E-state index in [9.17, 15) is 29.3 Å². The monoisotopic (exact) mass is 639 g/mol. The summed E-state index contributed by atoms with van der Waals surface area (Å²) >= 11 is 6.78. The molecule has 1 heterocycles. The highest BCUT2D eigenvalue weighted by Crippen LogP contribution is 2.35. The number of nitrogens with zero attached hydrogens (tertiary/aromatic N) is 2. The van der Waals surface area contributed by atoms with E-state index in [1.54, 1.807) is 30.3 Å². The molecular weight excluding hydrogens is 614 g/mol. The van der Waals surface area contributed by atoms with Crippen molar-refractivity contribution in [3.05, 3.63) is 97.4 Å². The predicted molar refractivity (Wildman–Crippen MR) is 164 cm³/mol. The van der Waals surface area contributed by atoms with Gasteiger partial charge in [0.25, 0.3) is 16.8 Å². The lowest BCUT2D eigenvalue weighted by Gasteiger charge is -2.13. The van der Waals surface area contributed by atoms with Crippen LogP contribution in [0.15, 0.2) is 65.6 Å². The van der Waals surface area contributed by atoms with E-state index in [0.29, 0.717) is 40.8 Å². The Morgan fingerprint density at radius 3 is 2.50 bits per heavy atom. The molecule has 4 rings (SSSR count). The third kappa shape index (κ3) is 7.94. The van der Waals surface area contributed by atoms with Crippen LogP contribution in [0, 0.1) is 10.1 Å². The van der Waals surface area contributed by atoms with Gasteiger partial charge in [0.1, 0.15) is 13.2 Å². The zero-order valence-electron chi connectivity index (χ0n) is 23.5. The Hall–Kier alpha value is -4.88. The van der Waals surface area contributed by atoms with Crippen LogP contribution in [-0.4, -0.2) is 53.1 Å². The first-order valence-electron chi connectivity index (χ1n) is 13.2. The van der Waals surface area contributed by atoms with Crippen LogP contribution in [-0.2, 0) is 20.9 Å². The number of non-ortho nitro benzene ring substituents is 1. The van der Waals surface area contributed by atoms with E-state index in [0.717, 1.165) is 4.90 Å². The smallest absolute Gasteiger partial charge is 0.339 e. The second kappa shape index (κ2) is 14.5. The van der Waals surface area contributed by atoms with E-state index in [2.05, 4.69) is 5.32 Å². The Morgan fingerprint density at radius 1 is 1.07 bits per heavy atom. The first-order chi connectivity index (χ1) is 21.1. The van der Waals surface area contributed by atoms with Gasteiger partial charge in [-0.25, -0.2) is 4.79 Å². The number of hydrogen-bond acceptors (Lipinski definition) is 10. The molecule has 0 atom stereocenters. The molecule has 3 aromatic carbocycles. The van der Waals surface area contributed by atoms with Crippen LogP contribution in [0.25, 0.3) is 6.08 Å². The summed E-state index contributed by atoms with van der Waals surface area (Å²) in [6, 6.07) is 15.1. The largest absolute Gasteiger partial charge is 0.493 e. The lowest BCUT2D eigenvalue weighted by Crippen LogP contribution is -2.36. The van der Waals surface area contributed by atoms with Crippen molar-refractivity contribution in [2.45, 2.75) is 20.0 Å². The Bertz CT molecular complexity index is 1640. The van der Waals surface area contributed by atoms with Crippen molar-refractivity contribution in [2.75, 3.05) is 25.6 Å². The maximum absolute atomic E-state index is 13.0. The molecule has 228 valence electrons. The second-order valence-electron chi connectivity index (χ2n) is 9.27. The van der Waals surface area contributed by atoms with Gasteiger partial charge in [-0.3, -0.25) is 29.4 Å². The Morgan fingerprint density at radius 2 is 1.82 bits per heavy atom. The van der Waals surface area contributed by atoms with Crippen molar-refractivity contribution in [1.29, 1.82) is 0 Å². The number of nitro groups is 1. The Labute approximate surface area is 261 Å². The van der Waals surface area contributed by atoms with Gasteiger partial charge in [0.2, 0.25) is 5.91 Å². The molecular formula is C30H26ClN3O9S. The number of nitrogens with one attached hydrogen (secondary N) is 1. The first-order valence-corrected chi connectivity index (χ1v) is 14.3. The minimum Gasteiger partial charge on any atom is -0.493 e. The molecule has 1 N–H and O–H groups in total. The van der Waals surface area contributed by atoms with Crippen molar-refractivity contribution < 1.29 is 38.3 Å². The summed E-state index contributed by atoms with van der Waals surface area (Å²) < 4.78 is 16.3. The fourth-order valence-corrected chi connectivity index (χ4v) is 4.96. The average molecular weight is 640 g/mol. The number of hydrogen-bond donors (Lipinski definition) is 1. The maximum atomic E-state index is 13.0. The van der Waals surface area contributed by atoms with E-state index in [4.69, 9.17) is 25.8 Å². The van der Waals surface area contributed by atoms with E-state index >= 15 is 0 Å². The quantitative estimate of drug-likeness (QED) is 0.107. The van der Waals surface area contributed by atoms with Gasteiger partial charge in [-0.15, -0.1) is 0 Å². The van der Waals surface area contributed by atoms with Crippen molar-refractivity contribution in [3.8, 4) is 11.5 Å². The zero-order valence-corrected chi connectivity index (χ0v) is 25.1. The molecule has 1 fully saturated rings. The molecule has 3 amide bonds. The number of benzene rings is 3. The molecule has 3 aromatic rings. The topological polar surface area (TPSA) is 154 Å². The van der Waals surface area contributed by atoms with Crippen LogP contribution in [0.5, 0.6) is 11.5 Å². The number of rotatable bonds is 12. The van der Waals surface area contributed by atoms with Crippen LogP contribution in [0.1, 0.15) is 34.8 Å². The van der Waals surface area contributed by atoms with Crippen LogP contribution in [0.4, 0.5) is 16.2 Å². The Kier molecular flexibility index (Phi) is 10.6. The third-order valence-corrected chi connectivity index (χ3v) is 7.35. The number of halogens is 1. The first kappa shape index (κ1) is 32.0. The number of carbonyl (C=O) groups excluding carboxylic acids is 4. The SMILES string of the molecule is CCCOC(=O)c1cc(NC(=O)CN2C(=O)S/C(=C/c3ccc(OCc4ccc([N+](=O)[O-])cc4)c(OC)c3)C2=O)ccc1Cl. The van der Waals surface area contributed by atoms with Gasteiger partial charge in [-0.2, -0.15) is 0 Å². The van der Waals surface area contributed by atoms with Crippen LogP contribution >= 0.6 is 23.4 Å². The summed E-state index contributed by atoms with van der Waals surface area (Å²) in [5, 5.41) is 12.9. The van der Waals surface area contributed by atoms with Crippen molar-refractivity contribution in [3.63, 3.8) is 0 Å². The van der Waals surface area contributed by atoms with Gasteiger partial charge >= 0.3 is 5.97 Å². The fraction of sp³-hybridized carbons (Fsp3) is 0.200. The zero-order chi connectivity index (χ0) is 31.8. The molecule has 44 heavy (non-hydrogen) atoms. The van der Waals surface area contributed by atoms with Gasteiger partial charge < -0.3 is 19.5 Å². The van der Waals surface area contributed by atoms with E-state index in [-0.39, 0.29) is 40.1 Å². The molecule has 14 heteroatoms. The maximum Gasteiger partial charge on any atom is 0.339 e. The number of thioether (sulfide) groups is 1. The predicted octanol–water partition coefficient (Wildman–Crippen LogP) is 6.08. The van der Waals surface area contributed by atoms with Crippen molar-refractivity contribution >= 4 is 63.8 Å². The summed E-state index contributed by atoms with van der Waals surface area (Å²) in [4.78, 5) is 61.8. The summed E-state index contributed by atoms with van der Waals surface area (Å²) in [7, 11) is 1.45. The number of methoxy groups -OCH3 is 1. The Balaban J connectivity index is 1.39. The molecule has 1 saturated heterocycles. The highest BCUT2D eigenvalue weighted by atomic mass is 35.5. The molecule has 1 aliphatic rings. The summed E-state index contributed by atoms with van der Waals surface area (Å²) in [5.74, 6) is -1.17. The number of ether oxygens (including phenoxy) is 3. The van der Waals surface area contributed by atoms with Gasteiger partial charge in [0.05, 0.1) is 34.1 Å². The molecule has 0 spiro atoms. The normalized spacial score (nSPS) is 13.6. The molecule has 0 saturated carbocycles. The summed E-state index contributed by atoms with van der Waals surface area (Å²) in [6.07, 6.45) is 2.13. The standard InChI is InChI=1S/C30H26ClN3O9S/c1-3-12-42-29(37)22-15-20(7-10-23(22)31)32-27(35)16-33-28(36)26(44-30(33)38)14-19-6-11-24(25(13-19)41-2)43-17-18-4-8-21(9-5-18)34(39)40/h4-11,13-15H,3,12,16-17H2,1-2H3,(H,32,35)/b26-14+. The number of imide groups is 1. The minimum atomic E-state index is -0.653. The number of amides is 3. The lowest BCUT2D eigenvalue weighted by molar-refractivity contribution is -0.384. The lowest BCUT2D eigenvalue weighted by atomic mass is 10.1. The van der Waals surface area contributed by atoms with Gasteiger partial charge in [0, 0.05) is 17.8 Å². The molecule has 0 aliphatic carbocycles. The van der Waals surface area contributed by atoms with Crippen LogP contribution in [0.3, 0.4) is 0 Å². The van der Waals surface area contributed by atoms with Crippen LogP contribution < -0.4 is 14.8 Å². The molecule has 0 aromatic heterocycles. The molecule has 12 nitrogen and oxygen atoms in total. The van der Waals surface area contributed by atoms with E-state index in [1.807, 2.05) is 6.92 Å². The number of anilines is 1. The van der Waals surface area contributed by atoms with Crippen molar-refractivity contribution in [1.82, 2.24) is 4.90 Å². The third-order valence-electron chi connectivity index (χ3n) is 6.11. The number of nitro benzene ring substituents is 1.